The minimum absolute atomic E-state index is 0. The van der Waals surface area contributed by atoms with E-state index >= 15 is 0 Å². The second kappa shape index (κ2) is 7.24. The molecule has 0 radical (unpaired) electrons. The summed E-state index contributed by atoms with van der Waals surface area (Å²) >= 11 is 1.60. The van der Waals surface area contributed by atoms with E-state index in [0.29, 0.717) is 23.3 Å². The van der Waals surface area contributed by atoms with Gasteiger partial charge in [0.25, 0.3) is 0 Å². The molecular weight excluding hydrogens is 308 g/mol. The summed E-state index contributed by atoms with van der Waals surface area (Å²) in [7, 11) is 4.34. The predicted molar refractivity (Wildman–Crippen MR) is 89.0 cm³/mol. The Balaban J connectivity index is 0.00000161. The summed E-state index contributed by atoms with van der Waals surface area (Å²) in [5, 5.41) is 0.668. The van der Waals surface area contributed by atoms with Crippen molar-refractivity contribution in [1.82, 2.24) is 14.8 Å². The molecule has 0 amide bonds. The van der Waals surface area contributed by atoms with Crippen molar-refractivity contribution >= 4 is 28.9 Å². The molecule has 2 aliphatic rings. The van der Waals surface area contributed by atoms with Crippen LogP contribution >= 0.6 is 23.7 Å². The zero-order valence-electron chi connectivity index (χ0n) is 12.7. The van der Waals surface area contributed by atoms with Gasteiger partial charge in [0.05, 0.1) is 12.7 Å². The molecule has 0 spiro atoms. The van der Waals surface area contributed by atoms with E-state index < -0.39 is 0 Å². The first-order chi connectivity index (χ1) is 9.63. The Morgan fingerprint density at radius 1 is 1.48 bits per heavy atom. The normalized spacial score (nSPS) is 30.0. The molecule has 1 saturated heterocycles. The molecule has 0 bridgehead atoms. The number of anilines is 1. The molecule has 21 heavy (non-hydrogen) atoms. The molecule has 7 heteroatoms. The molecule has 3 rings (SSSR count). The van der Waals surface area contributed by atoms with Crippen molar-refractivity contribution in [3.63, 3.8) is 0 Å². The van der Waals surface area contributed by atoms with Gasteiger partial charge in [-0.3, -0.25) is 4.90 Å². The number of ether oxygens (including phenoxy) is 1. The van der Waals surface area contributed by atoms with E-state index in [1.54, 1.807) is 11.3 Å². The lowest BCUT2D eigenvalue weighted by Gasteiger charge is -2.46. The van der Waals surface area contributed by atoms with Gasteiger partial charge in [-0.05, 0) is 33.4 Å². The van der Waals surface area contributed by atoms with Crippen LogP contribution in [0.3, 0.4) is 0 Å². The SMILES string of the molecule is CN(C)C1CCC2C(C1)OCCN2Cc1cnc(N)s1.Cl. The highest BCUT2D eigenvalue weighted by molar-refractivity contribution is 7.15. The summed E-state index contributed by atoms with van der Waals surface area (Å²) in [6.45, 7) is 2.83. The largest absolute Gasteiger partial charge is 0.375 e. The van der Waals surface area contributed by atoms with E-state index in [9.17, 15) is 0 Å². The maximum Gasteiger partial charge on any atom is 0.180 e. The van der Waals surface area contributed by atoms with Crippen LogP contribution in [0.2, 0.25) is 0 Å². The Kier molecular flexibility index (Phi) is 5.85. The maximum atomic E-state index is 6.03. The Morgan fingerprint density at radius 2 is 2.29 bits per heavy atom. The van der Waals surface area contributed by atoms with Gasteiger partial charge >= 0.3 is 0 Å². The van der Waals surface area contributed by atoms with Crippen molar-refractivity contribution in [2.45, 2.75) is 44.0 Å². The number of aromatic nitrogens is 1. The van der Waals surface area contributed by atoms with Crippen LogP contribution in [0, 0.1) is 0 Å². The number of hydrogen-bond donors (Lipinski definition) is 1. The number of hydrogen-bond acceptors (Lipinski definition) is 6. The van der Waals surface area contributed by atoms with Gasteiger partial charge in [-0.15, -0.1) is 23.7 Å². The third-order valence-corrected chi connectivity index (χ3v) is 5.38. The Bertz CT molecular complexity index is 456. The number of rotatable bonds is 3. The van der Waals surface area contributed by atoms with Crippen LogP contribution in [-0.2, 0) is 11.3 Å². The lowest BCUT2D eigenvalue weighted by atomic mass is 9.86. The molecule has 1 aromatic rings. The monoisotopic (exact) mass is 332 g/mol. The molecule has 1 aliphatic carbocycles. The minimum Gasteiger partial charge on any atom is -0.375 e. The van der Waals surface area contributed by atoms with Crippen LogP contribution in [-0.4, -0.2) is 60.2 Å². The average Bonchev–Trinajstić information content (AvgIpc) is 2.84. The fourth-order valence-electron chi connectivity index (χ4n) is 3.44. The molecule has 2 heterocycles. The number of fused-ring (bicyclic) bond motifs is 1. The summed E-state index contributed by atoms with van der Waals surface area (Å²) in [5.74, 6) is 0. The van der Waals surface area contributed by atoms with Gasteiger partial charge < -0.3 is 15.4 Å². The van der Waals surface area contributed by atoms with Crippen molar-refractivity contribution < 1.29 is 4.74 Å². The molecule has 3 atom stereocenters. The first-order valence-corrected chi connectivity index (χ1v) is 8.17. The van der Waals surface area contributed by atoms with E-state index in [1.807, 2.05) is 6.20 Å². The summed E-state index contributed by atoms with van der Waals surface area (Å²) in [5.41, 5.74) is 5.73. The number of nitrogens with two attached hydrogens (primary N) is 1. The van der Waals surface area contributed by atoms with Gasteiger partial charge in [-0.25, -0.2) is 4.98 Å². The highest BCUT2D eigenvalue weighted by atomic mass is 35.5. The van der Waals surface area contributed by atoms with Crippen LogP contribution in [0.4, 0.5) is 5.13 Å². The van der Waals surface area contributed by atoms with E-state index in [4.69, 9.17) is 10.5 Å². The molecule has 2 fully saturated rings. The number of halogens is 1. The van der Waals surface area contributed by atoms with Gasteiger partial charge in [0.1, 0.15) is 0 Å². The van der Waals surface area contributed by atoms with Gasteiger partial charge in [-0.2, -0.15) is 0 Å². The quantitative estimate of drug-likeness (QED) is 0.915. The van der Waals surface area contributed by atoms with Gasteiger partial charge in [0.15, 0.2) is 5.13 Å². The topological polar surface area (TPSA) is 54.6 Å². The number of nitrogen functional groups attached to an aromatic ring is 1. The third-order valence-electron chi connectivity index (χ3n) is 4.57. The Hall–Kier alpha value is -0.400. The molecule has 1 aromatic heterocycles. The fraction of sp³-hybridized carbons (Fsp3) is 0.786. The molecule has 120 valence electrons. The smallest absolute Gasteiger partial charge is 0.180 e. The van der Waals surface area contributed by atoms with Gasteiger partial charge in [0, 0.05) is 36.2 Å². The Labute approximate surface area is 136 Å². The van der Waals surface area contributed by atoms with E-state index in [1.165, 1.54) is 17.7 Å². The standard InChI is InChI=1S/C14H24N4OS.ClH/c1-17(2)10-3-4-12-13(7-10)19-6-5-18(12)9-11-8-16-14(15)20-11;/h8,10,12-13H,3-7,9H2,1-2H3,(H2,15,16);1H. The third kappa shape index (κ3) is 3.87. The maximum absolute atomic E-state index is 6.03. The molecule has 1 aliphatic heterocycles. The second-order valence-corrected chi connectivity index (χ2v) is 7.19. The second-order valence-electron chi connectivity index (χ2n) is 6.04. The molecule has 5 nitrogen and oxygen atoms in total. The highest BCUT2D eigenvalue weighted by Crippen LogP contribution is 2.32. The van der Waals surface area contributed by atoms with Crippen molar-refractivity contribution in [3.05, 3.63) is 11.1 Å². The molecule has 2 N–H and O–H groups in total. The zero-order valence-corrected chi connectivity index (χ0v) is 14.3. The molecule has 1 saturated carbocycles. The summed E-state index contributed by atoms with van der Waals surface area (Å²) in [6, 6.07) is 1.22. The van der Waals surface area contributed by atoms with E-state index in [-0.39, 0.29) is 12.4 Å². The van der Waals surface area contributed by atoms with Crippen molar-refractivity contribution in [2.24, 2.45) is 0 Å². The molecular formula is C14H25ClN4OS. The molecule has 0 aromatic carbocycles. The Morgan fingerprint density at radius 3 is 2.95 bits per heavy atom. The van der Waals surface area contributed by atoms with Crippen molar-refractivity contribution in [1.29, 1.82) is 0 Å². The minimum atomic E-state index is 0. The number of morpholine rings is 1. The predicted octanol–water partition coefficient (Wildman–Crippen LogP) is 1.83. The van der Waals surface area contributed by atoms with Gasteiger partial charge in [0.2, 0.25) is 0 Å². The summed E-state index contributed by atoms with van der Waals surface area (Å²) < 4.78 is 6.03. The van der Waals surface area contributed by atoms with E-state index in [0.717, 1.165) is 26.1 Å². The van der Waals surface area contributed by atoms with Crippen LogP contribution in [0.1, 0.15) is 24.1 Å². The zero-order chi connectivity index (χ0) is 14.1. The fourth-order valence-corrected chi connectivity index (χ4v) is 4.15. The highest BCUT2D eigenvalue weighted by Gasteiger charge is 2.38. The summed E-state index contributed by atoms with van der Waals surface area (Å²) in [6.07, 6.45) is 5.94. The van der Waals surface area contributed by atoms with Crippen LogP contribution in [0.5, 0.6) is 0 Å². The average molecular weight is 333 g/mol. The number of thiazole rings is 1. The van der Waals surface area contributed by atoms with Crippen molar-refractivity contribution in [3.8, 4) is 0 Å². The molecule has 3 unspecified atom stereocenters. The number of nitrogens with zero attached hydrogens (tertiary/aromatic N) is 3. The van der Waals surface area contributed by atoms with E-state index in [2.05, 4.69) is 28.9 Å². The van der Waals surface area contributed by atoms with Gasteiger partial charge in [-0.1, -0.05) is 0 Å². The van der Waals surface area contributed by atoms with Crippen molar-refractivity contribution in [2.75, 3.05) is 33.0 Å². The summed E-state index contributed by atoms with van der Waals surface area (Å²) in [4.78, 5) is 10.3. The van der Waals surface area contributed by atoms with Crippen LogP contribution in [0.15, 0.2) is 6.20 Å². The van der Waals surface area contributed by atoms with Crippen LogP contribution in [0.25, 0.3) is 0 Å². The lowest BCUT2D eigenvalue weighted by Crippen LogP contribution is -2.55. The lowest BCUT2D eigenvalue weighted by molar-refractivity contribution is -0.103. The first-order valence-electron chi connectivity index (χ1n) is 7.35. The first kappa shape index (κ1) is 17.0. The van der Waals surface area contributed by atoms with Crippen LogP contribution < -0.4 is 5.73 Å².